The quantitative estimate of drug-likeness (QED) is 0.926. The first-order chi connectivity index (χ1) is 8.97. The van der Waals surface area contributed by atoms with Crippen molar-refractivity contribution in [1.29, 1.82) is 0 Å². The topological polar surface area (TPSA) is 50.2 Å². The molecule has 0 bridgehead atoms. The fourth-order valence-electron chi connectivity index (χ4n) is 1.86. The first kappa shape index (κ1) is 13.1. The van der Waals surface area contributed by atoms with Crippen LogP contribution in [0.3, 0.4) is 0 Å². The Labute approximate surface area is 108 Å². The van der Waals surface area contributed by atoms with Crippen LogP contribution in [0, 0.1) is 18.6 Å². The highest BCUT2D eigenvalue weighted by Gasteiger charge is 2.12. The van der Waals surface area contributed by atoms with Crippen molar-refractivity contribution in [3.05, 3.63) is 53.2 Å². The second kappa shape index (κ2) is 5.14. The molecule has 0 aliphatic rings. The fraction of sp³-hybridized carbons (Fsp3) is 0.143. The number of aryl methyl sites for hydroxylation is 1. The summed E-state index contributed by atoms with van der Waals surface area (Å²) >= 11 is 0. The predicted molar refractivity (Wildman–Crippen MR) is 65.7 cm³/mol. The molecule has 98 valence electrons. The zero-order valence-corrected chi connectivity index (χ0v) is 10.2. The van der Waals surface area contributed by atoms with Gasteiger partial charge >= 0.3 is 5.97 Å². The Kier molecular flexibility index (Phi) is 3.55. The van der Waals surface area contributed by atoms with Crippen LogP contribution in [-0.2, 0) is 11.2 Å². The van der Waals surface area contributed by atoms with Crippen LogP contribution in [0.25, 0.3) is 11.3 Å². The van der Waals surface area contributed by atoms with Gasteiger partial charge in [-0.15, -0.1) is 0 Å². The van der Waals surface area contributed by atoms with Crippen molar-refractivity contribution in [1.82, 2.24) is 4.98 Å². The average molecular weight is 263 g/mol. The molecule has 1 aromatic carbocycles. The molecule has 2 aromatic rings. The summed E-state index contributed by atoms with van der Waals surface area (Å²) in [4.78, 5) is 14.8. The highest BCUT2D eigenvalue weighted by molar-refractivity contribution is 5.71. The van der Waals surface area contributed by atoms with Gasteiger partial charge in [0.2, 0.25) is 0 Å². The van der Waals surface area contributed by atoms with E-state index in [2.05, 4.69) is 4.98 Å². The zero-order chi connectivity index (χ0) is 14.0. The van der Waals surface area contributed by atoms with Crippen LogP contribution < -0.4 is 0 Å². The Bertz CT molecular complexity index is 641. The number of hydrogen-bond donors (Lipinski definition) is 1. The molecule has 5 heteroatoms. The van der Waals surface area contributed by atoms with E-state index >= 15 is 0 Å². The number of carboxylic acids is 1. The van der Waals surface area contributed by atoms with E-state index in [-0.39, 0.29) is 17.7 Å². The zero-order valence-electron chi connectivity index (χ0n) is 10.2. The lowest BCUT2D eigenvalue weighted by Crippen LogP contribution is -2.02. The molecular formula is C14H11F2NO2. The van der Waals surface area contributed by atoms with Crippen molar-refractivity contribution in [2.45, 2.75) is 13.3 Å². The lowest BCUT2D eigenvalue weighted by Gasteiger charge is -2.07. The van der Waals surface area contributed by atoms with Crippen LogP contribution in [0.1, 0.15) is 11.3 Å². The number of nitrogens with zero attached hydrogens (tertiary/aromatic N) is 1. The summed E-state index contributed by atoms with van der Waals surface area (Å²) in [5, 5.41) is 8.76. The van der Waals surface area contributed by atoms with E-state index < -0.39 is 17.6 Å². The standard InChI is InChI=1S/C14H11F2NO2/c1-8-5-9(7-13(18)19)6-12(17-8)10-3-2-4-11(15)14(10)16/h2-6H,7H2,1H3,(H,18,19). The molecule has 0 amide bonds. The third-order valence-electron chi connectivity index (χ3n) is 2.60. The maximum atomic E-state index is 13.7. The second-order valence-corrected chi connectivity index (χ2v) is 4.17. The summed E-state index contributed by atoms with van der Waals surface area (Å²) in [5.74, 6) is -2.93. The summed E-state index contributed by atoms with van der Waals surface area (Å²) < 4.78 is 26.9. The molecule has 0 saturated carbocycles. The summed E-state index contributed by atoms with van der Waals surface area (Å²) in [6, 6.07) is 6.87. The minimum Gasteiger partial charge on any atom is -0.481 e. The minimum absolute atomic E-state index is 0.0235. The van der Waals surface area contributed by atoms with E-state index in [9.17, 15) is 13.6 Å². The van der Waals surface area contributed by atoms with Crippen molar-refractivity contribution < 1.29 is 18.7 Å². The van der Waals surface area contributed by atoms with Gasteiger partial charge in [0.1, 0.15) is 0 Å². The van der Waals surface area contributed by atoms with Crippen LogP contribution in [0.2, 0.25) is 0 Å². The number of aromatic nitrogens is 1. The van der Waals surface area contributed by atoms with Gasteiger partial charge in [0.25, 0.3) is 0 Å². The maximum Gasteiger partial charge on any atom is 0.307 e. The van der Waals surface area contributed by atoms with E-state index in [1.165, 1.54) is 18.2 Å². The SMILES string of the molecule is Cc1cc(CC(=O)O)cc(-c2cccc(F)c2F)n1. The van der Waals surface area contributed by atoms with Gasteiger partial charge in [-0.25, -0.2) is 8.78 Å². The van der Waals surface area contributed by atoms with Crippen LogP contribution >= 0.6 is 0 Å². The Morgan fingerprint density at radius 3 is 2.74 bits per heavy atom. The Balaban J connectivity index is 2.53. The van der Waals surface area contributed by atoms with Gasteiger partial charge in [-0.2, -0.15) is 0 Å². The molecule has 0 atom stereocenters. The number of rotatable bonds is 3. The van der Waals surface area contributed by atoms with Gasteiger partial charge in [-0.1, -0.05) is 6.07 Å². The van der Waals surface area contributed by atoms with Gasteiger partial charge in [0, 0.05) is 11.3 Å². The summed E-state index contributed by atoms with van der Waals surface area (Å²) in [6.07, 6.45) is -0.187. The van der Waals surface area contributed by atoms with Gasteiger partial charge < -0.3 is 5.11 Å². The fourth-order valence-corrected chi connectivity index (χ4v) is 1.86. The number of benzene rings is 1. The number of aliphatic carboxylic acids is 1. The van der Waals surface area contributed by atoms with E-state index in [0.717, 1.165) is 6.07 Å². The third-order valence-corrected chi connectivity index (χ3v) is 2.60. The lowest BCUT2D eigenvalue weighted by molar-refractivity contribution is -0.136. The van der Waals surface area contributed by atoms with Gasteiger partial charge in [-0.05, 0) is 36.8 Å². The van der Waals surface area contributed by atoms with E-state index in [4.69, 9.17) is 5.11 Å². The van der Waals surface area contributed by atoms with Crippen LogP contribution in [0.4, 0.5) is 8.78 Å². The average Bonchev–Trinajstić information content (AvgIpc) is 2.31. The van der Waals surface area contributed by atoms with Crippen LogP contribution in [0.5, 0.6) is 0 Å². The molecule has 0 aliphatic heterocycles. The summed E-state index contributed by atoms with van der Waals surface area (Å²) in [5.41, 5.74) is 1.31. The van der Waals surface area contributed by atoms with Crippen molar-refractivity contribution in [3.8, 4) is 11.3 Å². The highest BCUT2D eigenvalue weighted by Crippen LogP contribution is 2.24. The lowest BCUT2D eigenvalue weighted by atomic mass is 10.1. The molecule has 0 unspecified atom stereocenters. The molecule has 1 N–H and O–H groups in total. The van der Waals surface area contributed by atoms with Crippen molar-refractivity contribution in [2.75, 3.05) is 0 Å². The highest BCUT2D eigenvalue weighted by atomic mass is 19.2. The smallest absolute Gasteiger partial charge is 0.307 e. The van der Waals surface area contributed by atoms with E-state index in [0.29, 0.717) is 11.3 Å². The molecule has 1 heterocycles. The molecule has 0 aliphatic carbocycles. The maximum absolute atomic E-state index is 13.7. The predicted octanol–water partition coefficient (Wildman–Crippen LogP) is 2.96. The molecule has 1 aromatic heterocycles. The van der Waals surface area contributed by atoms with Crippen LogP contribution in [0.15, 0.2) is 30.3 Å². The number of carbonyl (C=O) groups is 1. The first-order valence-electron chi connectivity index (χ1n) is 5.61. The molecule has 2 rings (SSSR count). The molecule has 0 saturated heterocycles. The summed E-state index contributed by atoms with van der Waals surface area (Å²) in [7, 11) is 0. The number of carboxylic acid groups (broad SMARTS) is 1. The molecule has 0 spiro atoms. The molecule has 0 radical (unpaired) electrons. The summed E-state index contributed by atoms with van der Waals surface area (Å²) in [6.45, 7) is 1.67. The Hall–Kier alpha value is -2.30. The molecule has 3 nitrogen and oxygen atoms in total. The van der Waals surface area contributed by atoms with Crippen LogP contribution in [-0.4, -0.2) is 16.1 Å². The molecular weight excluding hydrogens is 252 g/mol. The van der Waals surface area contributed by atoms with E-state index in [1.54, 1.807) is 13.0 Å². The van der Waals surface area contributed by atoms with Gasteiger partial charge in [0.05, 0.1) is 12.1 Å². The second-order valence-electron chi connectivity index (χ2n) is 4.17. The van der Waals surface area contributed by atoms with Gasteiger partial charge in [-0.3, -0.25) is 9.78 Å². The van der Waals surface area contributed by atoms with E-state index in [1.807, 2.05) is 0 Å². The minimum atomic E-state index is -0.990. The first-order valence-corrected chi connectivity index (χ1v) is 5.61. The Morgan fingerprint density at radius 1 is 1.32 bits per heavy atom. The molecule has 19 heavy (non-hydrogen) atoms. The normalized spacial score (nSPS) is 10.5. The number of hydrogen-bond acceptors (Lipinski definition) is 2. The monoisotopic (exact) mass is 263 g/mol. The van der Waals surface area contributed by atoms with Crippen molar-refractivity contribution >= 4 is 5.97 Å². The largest absolute Gasteiger partial charge is 0.481 e. The number of pyridine rings is 1. The number of halogens is 2. The Morgan fingerprint density at radius 2 is 2.05 bits per heavy atom. The molecule has 0 fully saturated rings. The van der Waals surface area contributed by atoms with Crippen molar-refractivity contribution in [3.63, 3.8) is 0 Å². The van der Waals surface area contributed by atoms with Crippen molar-refractivity contribution in [2.24, 2.45) is 0 Å². The third kappa shape index (κ3) is 2.93. The van der Waals surface area contributed by atoms with Gasteiger partial charge in [0.15, 0.2) is 11.6 Å².